The van der Waals surface area contributed by atoms with Crippen molar-refractivity contribution in [2.45, 2.75) is 31.8 Å². The van der Waals surface area contributed by atoms with Crippen molar-refractivity contribution in [1.29, 1.82) is 0 Å². The second-order valence-electron chi connectivity index (χ2n) is 7.49. The molecule has 3 aromatic rings. The summed E-state index contributed by atoms with van der Waals surface area (Å²) in [7, 11) is 2.14. The molecule has 2 aromatic carbocycles. The van der Waals surface area contributed by atoms with E-state index >= 15 is 0 Å². The van der Waals surface area contributed by atoms with E-state index < -0.39 is 0 Å². The lowest BCUT2D eigenvalue weighted by Gasteiger charge is -2.24. The van der Waals surface area contributed by atoms with Crippen molar-refractivity contribution < 1.29 is 4.79 Å². The Labute approximate surface area is 166 Å². The van der Waals surface area contributed by atoms with Crippen molar-refractivity contribution in [3.63, 3.8) is 0 Å². The molecule has 4 rings (SSSR count). The highest BCUT2D eigenvalue weighted by Gasteiger charge is 2.29. The number of aromatic nitrogens is 2. The standard InChI is InChI=1S/C23H26N4O/c1-17(26(2)19-13-14-19)15-24-23(28)21-16-27(20-11-7-4-8-12-20)25-22(21)18-9-5-3-6-10-18/h3-12,16-17,19H,13-15H2,1-2H3,(H,24,28). The second-order valence-corrected chi connectivity index (χ2v) is 7.49. The molecule has 1 N–H and O–H groups in total. The first kappa shape index (κ1) is 18.4. The number of hydrogen-bond acceptors (Lipinski definition) is 3. The molecule has 0 radical (unpaired) electrons. The lowest BCUT2D eigenvalue weighted by atomic mass is 10.1. The fourth-order valence-electron chi connectivity index (χ4n) is 3.38. The average molecular weight is 374 g/mol. The van der Waals surface area contributed by atoms with Crippen LogP contribution in [0.25, 0.3) is 16.9 Å². The fraction of sp³-hybridized carbons (Fsp3) is 0.304. The van der Waals surface area contributed by atoms with E-state index in [4.69, 9.17) is 5.10 Å². The van der Waals surface area contributed by atoms with Gasteiger partial charge in [-0.15, -0.1) is 0 Å². The number of para-hydroxylation sites is 1. The third kappa shape index (κ3) is 3.99. The van der Waals surface area contributed by atoms with Gasteiger partial charge in [0, 0.05) is 30.4 Å². The molecule has 0 spiro atoms. The minimum absolute atomic E-state index is 0.0860. The molecule has 1 atom stereocenters. The normalized spacial score (nSPS) is 14.8. The predicted octanol–water partition coefficient (Wildman–Crippen LogP) is 3.75. The second kappa shape index (κ2) is 7.98. The van der Waals surface area contributed by atoms with Gasteiger partial charge in [0.1, 0.15) is 5.69 Å². The first-order valence-electron chi connectivity index (χ1n) is 9.84. The van der Waals surface area contributed by atoms with E-state index in [2.05, 4.69) is 24.2 Å². The zero-order valence-electron chi connectivity index (χ0n) is 16.4. The van der Waals surface area contributed by atoms with Crippen molar-refractivity contribution in [1.82, 2.24) is 20.0 Å². The maximum Gasteiger partial charge on any atom is 0.255 e. The molecule has 0 aliphatic heterocycles. The van der Waals surface area contributed by atoms with Gasteiger partial charge in [0.15, 0.2) is 0 Å². The summed E-state index contributed by atoms with van der Waals surface area (Å²) in [6.45, 7) is 2.78. The Morgan fingerprint density at radius 1 is 1.14 bits per heavy atom. The van der Waals surface area contributed by atoms with Gasteiger partial charge in [-0.25, -0.2) is 4.68 Å². The van der Waals surface area contributed by atoms with Crippen LogP contribution < -0.4 is 5.32 Å². The highest BCUT2D eigenvalue weighted by molar-refractivity contribution is 5.99. The summed E-state index contributed by atoms with van der Waals surface area (Å²) in [4.78, 5) is 15.4. The molecular weight excluding hydrogens is 348 g/mol. The minimum Gasteiger partial charge on any atom is -0.350 e. The van der Waals surface area contributed by atoms with Crippen molar-refractivity contribution >= 4 is 5.91 Å². The third-order valence-corrected chi connectivity index (χ3v) is 5.40. The zero-order valence-corrected chi connectivity index (χ0v) is 16.4. The number of nitrogens with zero attached hydrogens (tertiary/aromatic N) is 3. The molecule has 1 aliphatic carbocycles. The van der Waals surface area contributed by atoms with Crippen LogP contribution in [0.3, 0.4) is 0 Å². The Hall–Kier alpha value is -2.92. The van der Waals surface area contributed by atoms with Crippen molar-refractivity contribution in [3.05, 3.63) is 72.4 Å². The van der Waals surface area contributed by atoms with Crippen LogP contribution in [0, 0.1) is 0 Å². The van der Waals surface area contributed by atoms with Crippen molar-refractivity contribution in [3.8, 4) is 16.9 Å². The smallest absolute Gasteiger partial charge is 0.255 e. The molecule has 1 amide bonds. The van der Waals surface area contributed by atoms with Gasteiger partial charge in [0.25, 0.3) is 5.91 Å². The van der Waals surface area contributed by atoms with Gasteiger partial charge in [-0.3, -0.25) is 9.69 Å². The van der Waals surface area contributed by atoms with Gasteiger partial charge >= 0.3 is 0 Å². The Morgan fingerprint density at radius 3 is 2.43 bits per heavy atom. The van der Waals surface area contributed by atoms with Crippen LogP contribution in [0.2, 0.25) is 0 Å². The van der Waals surface area contributed by atoms with Gasteiger partial charge in [-0.1, -0.05) is 48.5 Å². The van der Waals surface area contributed by atoms with Crippen LogP contribution in [0.1, 0.15) is 30.1 Å². The van der Waals surface area contributed by atoms with E-state index in [1.54, 1.807) is 4.68 Å². The lowest BCUT2D eigenvalue weighted by molar-refractivity contribution is 0.0940. The molecule has 0 saturated heterocycles. The van der Waals surface area contributed by atoms with Crippen molar-refractivity contribution in [2.75, 3.05) is 13.6 Å². The monoisotopic (exact) mass is 374 g/mol. The summed E-state index contributed by atoms with van der Waals surface area (Å²) in [6, 6.07) is 20.7. The van der Waals surface area contributed by atoms with Gasteiger partial charge < -0.3 is 5.32 Å². The first-order chi connectivity index (χ1) is 13.6. The fourth-order valence-corrected chi connectivity index (χ4v) is 3.38. The van der Waals surface area contributed by atoms with E-state index in [1.165, 1.54) is 12.8 Å². The van der Waals surface area contributed by atoms with Crippen LogP contribution >= 0.6 is 0 Å². The zero-order chi connectivity index (χ0) is 19.5. The van der Waals surface area contributed by atoms with Crippen LogP contribution in [-0.4, -0.2) is 46.3 Å². The Morgan fingerprint density at radius 2 is 1.79 bits per heavy atom. The molecule has 5 nitrogen and oxygen atoms in total. The highest BCUT2D eigenvalue weighted by atomic mass is 16.1. The number of likely N-dealkylation sites (N-methyl/N-ethyl adjacent to an activating group) is 1. The van der Waals surface area contributed by atoms with Crippen LogP contribution in [0.15, 0.2) is 66.9 Å². The Kier molecular flexibility index (Phi) is 5.26. The molecule has 1 heterocycles. The number of hydrogen-bond donors (Lipinski definition) is 1. The quantitative estimate of drug-likeness (QED) is 0.685. The number of nitrogens with one attached hydrogen (secondary N) is 1. The van der Waals surface area contributed by atoms with Crippen LogP contribution in [0.5, 0.6) is 0 Å². The van der Waals surface area contributed by atoms with E-state index in [0.717, 1.165) is 11.3 Å². The molecule has 5 heteroatoms. The number of amides is 1. The Bertz CT molecular complexity index is 932. The summed E-state index contributed by atoms with van der Waals surface area (Å²) in [6.07, 6.45) is 4.34. The van der Waals surface area contributed by atoms with E-state index in [-0.39, 0.29) is 5.91 Å². The SMILES string of the molecule is CC(CNC(=O)c1cn(-c2ccccc2)nc1-c1ccccc1)N(C)C1CC1. The average Bonchev–Trinajstić information content (AvgIpc) is 3.50. The number of rotatable bonds is 7. The summed E-state index contributed by atoms with van der Waals surface area (Å²) in [5.74, 6) is -0.0860. The molecule has 28 heavy (non-hydrogen) atoms. The summed E-state index contributed by atoms with van der Waals surface area (Å²) >= 11 is 0. The molecule has 1 aromatic heterocycles. The molecule has 1 aliphatic rings. The molecule has 1 fully saturated rings. The summed E-state index contributed by atoms with van der Waals surface area (Å²) in [5, 5.41) is 7.82. The number of carbonyl (C=O) groups is 1. The highest BCUT2D eigenvalue weighted by Crippen LogP contribution is 2.27. The molecule has 144 valence electrons. The van der Waals surface area contributed by atoms with Gasteiger partial charge in [0.2, 0.25) is 0 Å². The largest absolute Gasteiger partial charge is 0.350 e. The van der Waals surface area contributed by atoms with Crippen molar-refractivity contribution in [2.24, 2.45) is 0 Å². The van der Waals surface area contributed by atoms with Gasteiger partial charge in [0.05, 0.1) is 11.3 Å². The molecule has 0 bridgehead atoms. The van der Waals surface area contributed by atoms with E-state index in [9.17, 15) is 4.79 Å². The van der Waals surface area contributed by atoms with Crippen LogP contribution in [-0.2, 0) is 0 Å². The number of carbonyl (C=O) groups excluding carboxylic acids is 1. The summed E-state index contributed by atoms with van der Waals surface area (Å²) in [5.41, 5.74) is 3.16. The van der Waals surface area contributed by atoms with E-state index in [1.807, 2.05) is 66.9 Å². The number of benzene rings is 2. The predicted molar refractivity (Wildman–Crippen MR) is 112 cm³/mol. The topological polar surface area (TPSA) is 50.2 Å². The summed E-state index contributed by atoms with van der Waals surface area (Å²) < 4.78 is 1.77. The van der Waals surface area contributed by atoms with E-state index in [0.29, 0.717) is 29.9 Å². The Balaban J connectivity index is 1.59. The maximum atomic E-state index is 13.0. The maximum absolute atomic E-state index is 13.0. The third-order valence-electron chi connectivity index (χ3n) is 5.40. The molecule has 1 unspecified atom stereocenters. The van der Waals surface area contributed by atoms with Gasteiger partial charge in [-0.05, 0) is 38.9 Å². The molecular formula is C23H26N4O. The van der Waals surface area contributed by atoms with Crippen LogP contribution in [0.4, 0.5) is 0 Å². The molecule has 1 saturated carbocycles. The van der Waals surface area contributed by atoms with Gasteiger partial charge in [-0.2, -0.15) is 5.10 Å². The first-order valence-corrected chi connectivity index (χ1v) is 9.84. The lowest BCUT2D eigenvalue weighted by Crippen LogP contribution is -2.41. The minimum atomic E-state index is -0.0860.